The van der Waals surface area contributed by atoms with Crippen molar-refractivity contribution in [3.8, 4) is 0 Å². The molecule has 0 aromatic heterocycles. The van der Waals surface area contributed by atoms with Gasteiger partial charge in [-0.1, -0.05) is 6.92 Å². The summed E-state index contributed by atoms with van der Waals surface area (Å²) >= 11 is 0. The number of anilines is 2. The van der Waals surface area contributed by atoms with Crippen LogP contribution in [0.15, 0.2) is 18.2 Å². The zero-order valence-electron chi connectivity index (χ0n) is 11.8. The van der Waals surface area contributed by atoms with E-state index < -0.39 is 0 Å². The molecule has 1 atom stereocenters. The van der Waals surface area contributed by atoms with Crippen LogP contribution >= 0.6 is 0 Å². The van der Waals surface area contributed by atoms with Gasteiger partial charge in [-0.05, 0) is 55.4 Å². The van der Waals surface area contributed by atoms with E-state index in [4.69, 9.17) is 0 Å². The van der Waals surface area contributed by atoms with Crippen LogP contribution in [0, 0.1) is 5.92 Å². The van der Waals surface area contributed by atoms with Gasteiger partial charge in [0.1, 0.15) is 0 Å². The van der Waals surface area contributed by atoms with Crippen molar-refractivity contribution in [1.29, 1.82) is 0 Å². The summed E-state index contributed by atoms with van der Waals surface area (Å²) in [5.74, 6) is 1.01. The first-order chi connectivity index (χ1) is 9.19. The van der Waals surface area contributed by atoms with E-state index >= 15 is 0 Å². The summed E-state index contributed by atoms with van der Waals surface area (Å²) in [7, 11) is 0. The Hall–Kier alpha value is -1.51. The average Bonchev–Trinajstić information content (AvgIpc) is 3.14. The van der Waals surface area contributed by atoms with Gasteiger partial charge in [0.15, 0.2) is 0 Å². The Balaban J connectivity index is 1.77. The van der Waals surface area contributed by atoms with Crippen molar-refractivity contribution >= 4 is 17.3 Å². The van der Waals surface area contributed by atoms with Crippen LogP contribution in [-0.4, -0.2) is 18.5 Å². The van der Waals surface area contributed by atoms with Gasteiger partial charge < -0.3 is 10.2 Å². The van der Waals surface area contributed by atoms with Gasteiger partial charge in [-0.25, -0.2) is 0 Å². The molecule has 1 N–H and O–H groups in total. The quantitative estimate of drug-likeness (QED) is 0.899. The van der Waals surface area contributed by atoms with Crippen molar-refractivity contribution < 1.29 is 4.79 Å². The normalized spacial score (nSPS) is 19.2. The van der Waals surface area contributed by atoms with E-state index in [9.17, 15) is 4.79 Å². The Kier molecular flexibility index (Phi) is 3.21. The van der Waals surface area contributed by atoms with E-state index in [-0.39, 0.29) is 5.91 Å². The minimum absolute atomic E-state index is 0.142. The molecule has 19 heavy (non-hydrogen) atoms. The summed E-state index contributed by atoms with van der Waals surface area (Å²) in [6.07, 6.45) is 4.90. The van der Waals surface area contributed by atoms with Gasteiger partial charge in [0, 0.05) is 30.9 Å². The summed E-state index contributed by atoms with van der Waals surface area (Å²) < 4.78 is 0. The summed E-state index contributed by atoms with van der Waals surface area (Å²) in [6, 6.07) is 7.04. The second-order valence-electron chi connectivity index (χ2n) is 5.76. The van der Waals surface area contributed by atoms with Gasteiger partial charge >= 0.3 is 0 Å². The smallest absolute Gasteiger partial charge is 0.223 e. The molecular weight excluding hydrogens is 236 g/mol. The van der Waals surface area contributed by atoms with Crippen molar-refractivity contribution in [1.82, 2.24) is 0 Å². The number of carbonyl (C=O) groups excluding carboxylic acids is 1. The molecule has 0 radical (unpaired) electrons. The van der Waals surface area contributed by atoms with Crippen molar-refractivity contribution in [2.75, 3.05) is 16.8 Å². The van der Waals surface area contributed by atoms with Gasteiger partial charge in [0.05, 0.1) is 0 Å². The highest BCUT2D eigenvalue weighted by Crippen LogP contribution is 2.37. The van der Waals surface area contributed by atoms with E-state index in [1.54, 1.807) is 6.92 Å². The molecule has 0 spiro atoms. The zero-order valence-corrected chi connectivity index (χ0v) is 11.8. The number of fused-ring (bicyclic) bond motifs is 1. The first-order valence-electron chi connectivity index (χ1n) is 7.36. The van der Waals surface area contributed by atoms with Crippen LogP contribution in [0.25, 0.3) is 0 Å². The molecule has 0 bridgehead atoms. The van der Waals surface area contributed by atoms with Crippen LogP contribution in [0.5, 0.6) is 0 Å². The number of carbonyl (C=O) groups is 1. The van der Waals surface area contributed by atoms with E-state index in [0.29, 0.717) is 6.04 Å². The van der Waals surface area contributed by atoms with Crippen molar-refractivity contribution in [2.45, 2.75) is 45.6 Å². The van der Waals surface area contributed by atoms with Crippen LogP contribution in [-0.2, 0) is 11.2 Å². The van der Waals surface area contributed by atoms with E-state index in [2.05, 4.69) is 30.4 Å². The first kappa shape index (κ1) is 12.5. The molecule has 102 valence electrons. The molecule has 1 saturated carbocycles. The minimum Gasteiger partial charge on any atom is -0.382 e. The number of amides is 1. The Morgan fingerprint density at radius 2 is 2.26 bits per heavy atom. The Morgan fingerprint density at radius 1 is 1.47 bits per heavy atom. The topological polar surface area (TPSA) is 32.3 Å². The number of nitrogens with zero attached hydrogens (tertiary/aromatic N) is 1. The van der Waals surface area contributed by atoms with Crippen LogP contribution < -0.4 is 10.2 Å². The van der Waals surface area contributed by atoms with Gasteiger partial charge in [-0.15, -0.1) is 0 Å². The maximum absolute atomic E-state index is 11.5. The van der Waals surface area contributed by atoms with Crippen molar-refractivity contribution in [3.05, 3.63) is 23.8 Å². The lowest BCUT2D eigenvalue weighted by molar-refractivity contribution is -0.116. The summed E-state index contributed by atoms with van der Waals surface area (Å²) in [4.78, 5) is 13.4. The van der Waals surface area contributed by atoms with Crippen LogP contribution in [0.2, 0.25) is 0 Å². The molecule has 3 rings (SSSR count). The highest BCUT2D eigenvalue weighted by Gasteiger charge is 2.30. The maximum atomic E-state index is 11.5. The molecular formula is C16H22N2O. The Bertz CT molecular complexity index is 494. The van der Waals surface area contributed by atoms with Gasteiger partial charge in [-0.2, -0.15) is 0 Å². The maximum Gasteiger partial charge on any atom is 0.223 e. The molecule has 3 heteroatoms. The number of nitrogens with one attached hydrogen (secondary N) is 1. The molecule has 1 unspecified atom stereocenters. The third kappa shape index (κ3) is 2.46. The van der Waals surface area contributed by atoms with Gasteiger partial charge in [0.2, 0.25) is 5.91 Å². The SMILES string of the molecule is CCC(Nc1ccc2c(c1)CCN2C(C)=O)C1CC1. The van der Waals surface area contributed by atoms with Crippen molar-refractivity contribution in [2.24, 2.45) is 5.92 Å². The van der Waals surface area contributed by atoms with Crippen LogP contribution in [0.1, 0.15) is 38.7 Å². The van der Waals surface area contributed by atoms with Crippen LogP contribution in [0.3, 0.4) is 0 Å². The fourth-order valence-electron chi connectivity index (χ4n) is 3.08. The lowest BCUT2D eigenvalue weighted by atomic mass is 10.1. The molecule has 1 aliphatic heterocycles. The lowest BCUT2D eigenvalue weighted by Gasteiger charge is -2.19. The monoisotopic (exact) mass is 258 g/mol. The highest BCUT2D eigenvalue weighted by atomic mass is 16.2. The van der Waals surface area contributed by atoms with E-state index in [1.807, 2.05) is 4.90 Å². The molecule has 1 aliphatic carbocycles. The van der Waals surface area contributed by atoms with Gasteiger partial charge in [-0.3, -0.25) is 4.79 Å². The molecule has 2 aliphatic rings. The molecule has 1 amide bonds. The fourth-order valence-corrected chi connectivity index (χ4v) is 3.08. The molecule has 0 saturated heterocycles. The first-order valence-corrected chi connectivity index (χ1v) is 7.36. The van der Waals surface area contributed by atoms with E-state index in [1.165, 1.54) is 30.5 Å². The molecule has 3 nitrogen and oxygen atoms in total. The third-order valence-corrected chi connectivity index (χ3v) is 4.34. The molecule has 1 heterocycles. The molecule has 1 aromatic rings. The fraction of sp³-hybridized carbons (Fsp3) is 0.562. The second-order valence-corrected chi connectivity index (χ2v) is 5.76. The second kappa shape index (κ2) is 4.87. The largest absolute Gasteiger partial charge is 0.382 e. The predicted molar refractivity (Wildman–Crippen MR) is 78.6 cm³/mol. The number of hydrogen-bond donors (Lipinski definition) is 1. The highest BCUT2D eigenvalue weighted by molar-refractivity contribution is 5.94. The summed E-state index contributed by atoms with van der Waals surface area (Å²) in [6.45, 7) is 4.72. The van der Waals surface area contributed by atoms with Crippen molar-refractivity contribution in [3.63, 3.8) is 0 Å². The standard InChI is InChI=1S/C16H22N2O/c1-3-15(12-4-5-12)17-14-6-7-16-13(10-14)8-9-18(16)11(2)19/h6-7,10,12,15,17H,3-5,8-9H2,1-2H3. The Morgan fingerprint density at radius 3 is 2.89 bits per heavy atom. The van der Waals surface area contributed by atoms with Crippen LogP contribution in [0.4, 0.5) is 11.4 Å². The van der Waals surface area contributed by atoms with Gasteiger partial charge in [0.25, 0.3) is 0 Å². The number of benzene rings is 1. The molecule has 1 aromatic carbocycles. The number of hydrogen-bond acceptors (Lipinski definition) is 2. The number of rotatable bonds is 4. The summed E-state index contributed by atoms with van der Waals surface area (Å²) in [5.41, 5.74) is 3.60. The lowest BCUT2D eigenvalue weighted by Crippen LogP contribution is -2.25. The molecule has 1 fully saturated rings. The van der Waals surface area contributed by atoms with E-state index in [0.717, 1.165) is 24.6 Å². The minimum atomic E-state index is 0.142. The third-order valence-electron chi connectivity index (χ3n) is 4.34. The Labute approximate surface area is 115 Å². The average molecular weight is 258 g/mol. The summed E-state index contributed by atoms with van der Waals surface area (Å²) in [5, 5.41) is 3.66. The predicted octanol–water partition coefficient (Wildman–Crippen LogP) is 3.20. The zero-order chi connectivity index (χ0) is 13.4.